The zero-order chi connectivity index (χ0) is 29.1. The van der Waals surface area contributed by atoms with Crippen LogP contribution in [0.2, 0.25) is 0 Å². The lowest BCUT2D eigenvalue weighted by Gasteiger charge is -2.27. The summed E-state index contributed by atoms with van der Waals surface area (Å²) in [5.41, 5.74) is 8.88. The molecule has 1 saturated heterocycles. The highest BCUT2D eigenvalue weighted by molar-refractivity contribution is 6.05. The number of fused-ring (bicyclic) bond motifs is 1. The number of ether oxygens (including phenoxy) is 1. The third-order valence-electron chi connectivity index (χ3n) is 8.39. The molecule has 2 aromatic rings. The van der Waals surface area contributed by atoms with E-state index in [0.29, 0.717) is 18.2 Å². The van der Waals surface area contributed by atoms with Gasteiger partial charge in [0, 0.05) is 43.1 Å². The quantitative estimate of drug-likeness (QED) is 0.253. The molecule has 2 aliphatic heterocycles. The Hall–Kier alpha value is -3.55. The van der Waals surface area contributed by atoms with E-state index in [1.54, 1.807) is 0 Å². The summed E-state index contributed by atoms with van der Waals surface area (Å²) in [6, 6.07) is 8.95. The molecule has 3 aliphatic rings. The number of carbonyl (C=O) groups excluding carboxylic acids is 1. The predicted octanol–water partition coefficient (Wildman–Crippen LogP) is 6.68. The molecule has 216 valence electrons. The normalized spacial score (nSPS) is 21.6. The van der Waals surface area contributed by atoms with Gasteiger partial charge in [-0.15, -0.1) is 0 Å². The summed E-state index contributed by atoms with van der Waals surface area (Å²) in [5.74, 6) is 0.684. The average Bonchev–Trinajstić information content (AvgIpc) is 3.59. The van der Waals surface area contributed by atoms with E-state index in [1.807, 2.05) is 45.2 Å². The summed E-state index contributed by atoms with van der Waals surface area (Å²) in [4.78, 5) is 25.2. The molecule has 1 saturated carbocycles. The highest BCUT2D eigenvalue weighted by Crippen LogP contribution is 2.38. The van der Waals surface area contributed by atoms with Gasteiger partial charge in [0.05, 0.1) is 23.6 Å². The van der Waals surface area contributed by atoms with Gasteiger partial charge in [0.25, 0.3) is 5.91 Å². The van der Waals surface area contributed by atoms with E-state index in [9.17, 15) is 4.79 Å². The van der Waals surface area contributed by atoms with Crippen LogP contribution >= 0.6 is 0 Å². The molecule has 1 aromatic carbocycles. The average molecular weight is 554 g/mol. The molecular formula is C34H43N5O2. The maximum Gasteiger partial charge on any atom is 0.254 e. The van der Waals surface area contributed by atoms with Gasteiger partial charge in [-0.05, 0) is 100 Å². The molecule has 1 atom stereocenters. The largest absolute Gasteiger partial charge is 0.380 e. The second-order valence-corrected chi connectivity index (χ2v) is 12.0. The lowest BCUT2D eigenvalue weighted by molar-refractivity contribution is 0.0966. The number of nitrogens with one attached hydrogen (secondary N) is 2. The Bertz CT molecular complexity index is 1440. The Labute approximate surface area is 244 Å². The molecular weight excluding hydrogens is 510 g/mol. The number of hydrogen-bond acceptors (Lipinski definition) is 6. The van der Waals surface area contributed by atoms with Crippen LogP contribution < -0.4 is 10.6 Å². The fourth-order valence-corrected chi connectivity index (χ4v) is 5.91. The highest BCUT2D eigenvalue weighted by Gasteiger charge is 2.36. The van der Waals surface area contributed by atoms with Crippen LogP contribution in [0.25, 0.3) is 5.57 Å². The summed E-state index contributed by atoms with van der Waals surface area (Å²) < 4.78 is 5.79. The summed E-state index contributed by atoms with van der Waals surface area (Å²) >= 11 is 0. The van der Waals surface area contributed by atoms with Crippen molar-refractivity contribution >= 4 is 28.7 Å². The van der Waals surface area contributed by atoms with Crippen LogP contribution in [-0.4, -0.2) is 47.8 Å². The first-order valence-electron chi connectivity index (χ1n) is 14.7. The minimum absolute atomic E-state index is 0.0279. The van der Waals surface area contributed by atoms with Crippen molar-refractivity contribution in [2.45, 2.75) is 78.4 Å². The molecule has 3 heterocycles. The molecule has 7 heteroatoms. The van der Waals surface area contributed by atoms with Gasteiger partial charge in [0.2, 0.25) is 0 Å². The highest BCUT2D eigenvalue weighted by atomic mass is 16.5. The fourth-order valence-electron chi connectivity index (χ4n) is 5.91. The minimum atomic E-state index is -0.0670. The first kappa shape index (κ1) is 29.0. The number of benzene rings is 1. The Morgan fingerprint density at radius 2 is 2.05 bits per heavy atom. The number of hydrogen-bond donors (Lipinski definition) is 2. The van der Waals surface area contributed by atoms with Gasteiger partial charge in [0.15, 0.2) is 0 Å². The third kappa shape index (κ3) is 6.52. The molecule has 1 aliphatic carbocycles. The molecule has 0 bridgehead atoms. The Kier molecular flexibility index (Phi) is 8.57. The minimum Gasteiger partial charge on any atom is -0.380 e. The number of carbonyl (C=O) groups is 1. The topological polar surface area (TPSA) is 78.9 Å². The zero-order valence-electron chi connectivity index (χ0n) is 25.3. The van der Waals surface area contributed by atoms with Crippen molar-refractivity contribution in [1.82, 2.24) is 15.2 Å². The van der Waals surface area contributed by atoms with Crippen molar-refractivity contribution < 1.29 is 9.53 Å². The summed E-state index contributed by atoms with van der Waals surface area (Å²) in [6.07, 6.45) is 11.5. The van der Waals surface area contributed by atoms with E-state index in [1.165, 1.54) is 18.4 Å². The van der Waals surface area contributed by atoms with Crippen molar-refractivity contribution in [3.63, 3.8) is 0 Å². The van der Waals surface area contributed by atoms with E-state index < -0.39 is 0 Å². The number of amides is 1. The number of aliphatic imine (C=N–C) groups is 1. The van der Waals surface area contributed by atoms with Crippen molar-refractivity contribution in [2.24, 2.45) is 4.99 Å². The van der Waals surface area contributed by atoms with E-state index in [4.69, 9.17) is 9.72 Å². The fraction of sp³-hybridized carbons (Fsp3) is 0.441. The molecule has 0 spiro atoms. The van der Waals surface area contributed by atoms with Crippen LogP contribution in [-0.2, 0) is 23.2 Å². The summed E-state index contributed by atoms with van der Waals surface area (Å²) in [7, 11) is 2.19. The Morgan fingerprint density at radius 3 is 2.76 bits per heavy atom. The van der Waals surface area contributed by atoms with Crippen molar-refractivity contribution in [1.29, 1.82) is 0 Å². The molecule has 1 amide bonds. The van der Waals surface area contributed by atoms with E-state index >= 15 is 0 Å². The van der Waals surface area contributed by atoms with E-state index in [-0.39, 0.29) is 11.3 Å². The first-order chi connectivity index (χ1) is 19.7. The maximum absolute atomic E-state index is 13.0. The summed E-state index contributed by atoms with van der Waals surface area (Å²) in [5, 5.41) is 6.51. The molecule has 2 fully saturated rings. The van der Waals surface area contributed by atoms with Gasteiger partial charge in [-0.2, -0.15) is 0 Å². The van der Waals surface area contributed by atoms with Crippen LogP contribution in [0.1, 0.15) is 86.6 Å². The van der Waals surface area contributed by atoms with Gasteiger partial charge in [-0.1, -0.05) is 31.2 Å². The van der Waals surface area contributed by atoms with Crippen LogP contribution in [0, 0.1) is 0 Å². The molecule has 7 nitrogen and oxygen atoms in total. The number of rotatable bonds is 10. The van der Waals surface area contributed by atoms with Crippen LogP contribution in [0.3, 0.4) is 0 Å². The number of aromatic nitrogens is 1. The van der Waals surface area contributed by atoms with Gasteiger partial charge >= 0.3 is 0 Å². The second kappa shape index (κ2) is 12.1. The van der Waals surface area contributed by atoms with E-state index in [0.717, 1.165) is 71.4 Å². The number of anilines is 2. The van der Waals surface area contributed by atoms with E-state index in [2.05, 4.69) is 65.7 Å². The summed E-state index contributed by atoms with van der Waals surface area (Å²) in [6.45, 7) is 13.2. The lowest BCUT2D eigenvalue weighted by Crippen LogP contribution is -2.28. The van der Waals surface area contributed by atoms with Gasteiger partial charge < -0.3 is 15.4 Å². The Morgan fingerprint density at radius 1 is 1.24 bits per heavy atom. The molecule has 5 rings (SSSR count). The first-order valence-corrected chi connectivity index (χ1v) is 14.7. The number of pyridine rings is 1. The van der Waals surface area contributed by atoms with Crippen LogP contribution in [0.15, 0.2) is 59.3 Å². The van der Waals surface area contributed by atoms with Crippen LogP contribution in [0.4, 0.5) is 11.5 Å². The van der Waals surface area contributed by atoms with Gasteiger partial charge in [0.1, 0.15) is 5.82 Å². The lowest BCUT2D eigenvalue weighted by atomic mass is 9.81. The third-order valence-corrected chi connectivity index (χ3v) is 8.39. The molecule has 2 N–H and O–H groups in total. The number of nitrogens with zero attached hydrogens (tertiary/aromatic N) is 3. The standard InChI is InChI=1S/C34H43N5O2/c1-7-8-22(2)17-24(4)35-18-23(3)26-11-13-29(32-27(26)19-36-33(32)40)37-31-14-12-28(34(5)15-16-41-21-34)30(38-31)20-39(6)25-9-10-25/h7-8,11-14,17-18,25H,9-10,15-16,19-21H2,1-6H3,(H,36,40)(H,37,38)/b8-7-,22-17-,23-18+,35-24+/t34-/m1/s1. The molecule has 0 radical (unpaired) electrons. The second-order valence-electron chi connectivity index (χ2n) is 12.0. The number of allylic oxidation sites excluding steroid dienone is 5. The monoisotopic (exact) mass is 553 g/mol. The predicted molar refractivity (Wildman–Crippen MR) is 168 cm³/mol. The SMILES string of the molecule is C\C=C/C(C)=C\C(C)=N\C=C(/C)c1ccc(Nc2ccc([C@]3(C)CCOC3)c(CN(C)C3CC3)n2)c2c1CNC2=O. The van der Waals surface area contributed by atoms with Crippen molar-refractivity contribution in [2.75, 3.05) is 25.6 Å². The van der Waals surface area contributed by atoms with Gasteiger partial charge in [-0.25, -0.2) is 4.98 Å². The molecule has 1 aromatic heterocycles. The molecule has 0 unspecified atom stereocenters. The smallest absolute Gasteiger partial charge is 0.254 e. The van der Waals surface area contributed by atoms with Crippen molar-refractivity contribution in [3.05, 3.63) is 82.2 Å². The van der Waals surface area contributed by atoms with Gasteiger partial charge in [-0.3, -0.25) is 14.7 Å². The molecule has 41 heavy (non-hydrogen) atoms. The maximum atomic E-state index is 13.0. The zero-order valence-corrected chi connectivity index (χ0v) is 25.3. The van der Waals surface area contributed by atoms with Crippen molar-refractivity contribution in [3.8, 4) is 0 Å². The Balaban J connectivity index is 1.44. The van der Waals surface area contributed by atoms with Crippen LogP contribution in [0.5, 0.6) is 0 Å².